The van der Waals surface area contributed by atoms with Crippen LogP contribution < -0.4 is 16.0 Å². The van der Waals surface area contributed by atoms with E-state index in [1.165, 1.54) is 4.90 Å². The summed E-state index contributed by atoms with van der Waals surface area (Å²) in [7, 11) is 0. The van der Waals surface area contributed by atoms with Crippen LogP contribution >= 0.6 is 0 Å². The van der Waals surface area contributed by atoms with Crippen LogP contribution in [0.15, 0.2) is 48.5 Å². The molecule has 1 unspecified atom stereocenters. The Morgan fingerprint density at radius 2 is 1.60 bits per heavy atom. The number of likely N-dealkylation sites (tertiary alicyclic amines) is 1. The number of carbonyl (C=O) groups excluding carboxylic acids is 4. The van der Waals surface area contributed by atoms with E-state index in [9.17, 15) is 19.2 Å². The number of alkyl carbamates (subject to hydrolysis) is 1. The lowest BCUT2D eigenvalue weighted by Gasteiger charge is -2.29. The summed E-state index contributed by atoms with van der Waals surface area (Å²) >= 11 is 0. The number of rotatable bonds is 10. The van der Waals surface area contributed by atoms with E-state index in [1.807, 2.05) is 24.3 Å². The Hall–Kier alpha value is -4.08. The van der Waals surface area contributed by atoms with Crippen LogP contribution in [-0.4, -0.2) is 72.3 Å². The van der Waals surface area contributed by atoms with Gasteiger partial charge in [-0.25, -0.2) is 9.59 Å². The number of nitrogens with zero attached hydrogens (tertiary/aromatic N) is 1. The minimum atomic E-state index is -0.779. The Labute approximate surface area is 252 Å². The lowest BCUT2D eigenvalue weighted by atomic mass is 9.98. The monoisotopic (exact) mass is 590 g/mol. The summed E-state index contributed by atoms with van der Waals surface area (Å²) in [5.74, 6) is -0.651. The van der Waals surface area contributed by atoms with Gasteiger partial charge in [-0.3, -0.25) is 14.5 Å². The van der Waals surface area contributed by atoms with Gasteiger partial charge in [0.15, 0.2) is 0 Å². The van der Waals surface area contributed by atoms with E-state index in [0.717, 1.165) is 35.1 Å². The van der Waals surface area contributed by atoms with Crippen molar-refractivity contribution in [1.29, 1.82) is 0 Å². The van der Waals surface area contributed by atoms with Gasteiger partial charge in [0, 0.05) is 25.0 Å². The maximum Gasteiger partial charge on any atom is 0.410 e. The lowest BCUT2D eigenvalue weighted by molar-refractivity contribution is -0.131. The van der Waals surface area contributed by atoms with E-state index in [1.54, 1.807) is 20.8 Å². The van der Waals surface area contributed by atoms with Crippen molar-refractivity contribution < 1.29 is 28.7 Å². The van der Waals surface area contributed by atoms with Crippen molar-refractivity contribution in [3.8, 4) is 11.1 Å². The number of nitrogens with one attached hydrogen (secondary N) is 3. The normalized spacial score (nSPS) is 18.3. The Morgan fingerprint density at radius 1 is 0.953 bits per heavy atom. The van der Waals surface area contributed by atoms with Gasteiger partial charge < -0.3 is 25.4 Å². The zero-order chi connectivity index (χ0) is 30.6. The summed E-state index contributed by atoms with van der Waals surface area (Å²) in [5, 5.41) is 8.60. The Balaban J connectivity index is 1.11. The molecule has 4 amide bonds. The number of amides is 4. The topological polar surface area (TPSA) is 126 Å². The van der Waals surface area contributed by atoms with E-state index in [2.05, 4.69) is 40.2 Å². The number of hydrogen-bond donors (Lipinski definition) is 3. The zero-order valence-corrected chi connectivity index (χ0v) is 25.2. The molecule has 1 aliphatic heterocycles. The van der Waals surface area contributed by atoms with Gasteiger partial charge in [0.2, 0.25) is 11.8 Å². The van der Waals surface area contributed by atoms with Crippen molar-refractivity contribution in [1.82, 2.24) is 20.9 Å². The highest BCUT2D eigenvalue weighted by Gasteiger charge is 2.38. The maximum atomic E-state index is 13.2. The van der Waals surface area contributed by atoms with E-state index in [0.29, 0.717) is 32.2 Å². The molecule has 3 N–H and O–H groups in total. The molecule has 1 saturated heterocycles. The molecule has 2 fully saturated rings. The van der Waals surface area contributed by atoms with Crippen molar-refractivity contribution >= 4 is 24.0 Å². The fourth-order valence-corrected chi connectivity index (χ4v) is 5.79. The third-order valence-corrected chi connectivity index (χ3v) is 8.02. The molecule has 10 nitrogen and oxygen atoms in total. The van der Waals surface area contributed by atoms with Crippen molar-refractivity contribution in [2.75, 3.05) is 19.7 Å². The van der Waals surface area contributed by atoms with Gasteiger partial charge in [-0.05, 0) is 81.5 Å². The summed E-state index contributed by atoms with van der Waals surface area (Å²) in [6.07, 6.45) is 2.75. The second kappa shape index (κ2) is 13.1. The fraction of sp³-hybridized carbons (Fsp3) is 0.515. The van der Waals surface area contributed by atoms with Crippen LogP contribution in [-0.2, 0) is 19.1 Å². The number of ether oxygens (including phenoxy) is 2. The van der Waals surface area contributed by atoms with E-state index in [-0.39, 0.29) is 36.9 Å². The SMILES string of the molecule is CC(C)(C)OC(=O)N1CCC[C@H]1C(=O)NC(CCCNC(=O)OCC1c2ccccc2-c2ccccc21)C(=O)NC1CC1. The summed E-state index contributed by atoms with van der Waals surface area (Å²) in [6.45, 7) is 6.28. The summed E-state index contributed by atoms with van der Waals surface area (Å²) < 4.78 is 11.1. The van der Waals surface area contributed by atoms with Crippen LogP contribution in [0.5, 0.6) is 0 Å². The number of hydrogen-bond acceptors (Lipinski definition) is 6. The second-order valence-electron chi connectivity index (χ2n) is 12.6. The molecule has 0 aromatic heterocycles. The Kier molecular flexibility index (Phi) is 9.22. The maximum absolute atomic E-state index is 13.2. The summed E-state index contributed by atoms with van der Waals surface area (Å²) in [4.78, 5) is 52.9. The molecular weight excluding hydrogens is 548 g/mol. The number of fused-ring (bicyclic) bond motifs is 3. The zero-order valence-electron chi connectivity index (χ0n) is 25.2. The highest BCUT2D eigenvalue weighted by atomic mass is 16.6. The first-order valence-electron chi connectivity index (χ1n) is 15.3. The van der Waals surface area contributed by atoms with Gasteiger partial charge in [-0.15, -0.1) is 0 Å². The third kappa shape index (κ3) is 7.66. The van der Waals surface area contributed by atoms with Gasteiger partial charge in [-0.1, -0.05) is 48.5 Å². The summed E-state index contributed by atoms with van der Waals surface area (Å²) in [5.41, 5.74) is 3.94. The molecule has 5 rings (SSSR count). The molecule has 2 atom stereocenters. The van der Waals surface area contributed by atoms with E-state index >= 15 is 0 Å². The minimum Gasteiger partial charge on any atom is -0.449 e. The molecule has 230 valence electrons. The van der Waals surface area contributed by atoms with Crippen molar-refractivity contribution in [3.05, 3.63) is 59.7 Å². The lowest BCUT2D eigenvalue weighted by Crippen LogP contribution is -2.54. The molecule has 3 aliphatic rings. The van der Waals surface area contributed by atoms with Crippen molar-refractivity contribution in [2.45, 2.75) is 88.9 Å². The smallest absolute Gasteiger partial charge is 0.410 e. The largest absolute Gasteiger partial charge is 0.449 e. The van der Waals surface area contributed by atoms with Crippen LogP contribution in [0.2, 0.25) is 0 Å². The molecule has 43 heavy (non-hydrogen) atoms. The number of carbonyl (C=O) groups is 4. The van der Waals surface area contributed by atoms with Gasteiger partial charge >= 0.3 is 12.2 Å². The molecule has 0 spiro atoms. The molecule has 1 saturated carbocycles. The molecule has 2 aliphatic carbocycles. The molecule has 1 heterocycles. The first-order valence-corrected chi connectivity index (χ1v) is 15.3. The first-order chi connectivity index (χ1) is 20.6. The highest BCUT2D eigenvalue weighted by molar-refractivity contribution is 5.91. The van der Waals surface area contributed by atoms with Crippen LogP contribution in [0.3, 0.4) is 0 Å². The van der Waals surface area contributed by atoms with Gasteiger partial charge in [0.1, 0.15) is 24.3 Å². The van der Waals surface area contributed by atoms with Crippen LogP contribution in [0, 0.1) is 0 Å². The van der Waals surface area contributed by atoms with Crippen LogP contribution in [0.4, 0.5) is 9.59 Å². The quantitative estimate of drug-likeness (QED) is 0.351. The average Bonchev–Trinajstić information content (AvgIpc) is 3.53. The van der Waals surface area contributed by atoms with Crippen molar-refractivity contribution in [3.63, 3.8) is 0 Å². The van der Waals surface area contributed by atoms with Gasteiger partial charge in [0.25, 0.3) is 0 Å². The molecule has 0 radical (unpaired) electrons. The predicted molar refractivity (Wildman–Crippen MR) is 161 cm³/mol. The van der Waals surface area contributed by atoms with E-state index < -0.39 is 29.9 Å². The second-order valence-corrected chi connectivity index (χ2v) is 12.6. The highest BCUT2D eigenvalue weighted by Crippen LogP contribution is 2.44. The van der Waals surface area contributed by atoms with Gasteiger partial charge in [-0.2, -0.15) is 0 Å². The van der Waals surface area contributed by atoms with Crippen LogP contribution in [0.25, 0.3) is 11.1 Å². The fourth-order valence-electron chi connectivity index (χ4n) is 5.79. The molecule has 2 aromatic rings. The van der Waals surface area contributed by atoms with E-state index in [4.69, 9.17) is 9.47 Å². The minimum absolute atomic E-state index is 0.0281. The third-order valence-electron chi connectivity index (χ3n) is 8.02. The molecular formula is C33H42N4O6. The van der Waals surface area contributed by atoms with Crippen molar-refractivity contribution in [2.24, 2.45) is 0 Å². The molecule has 0 bridgehead atoms. The van der Waals surface area contributed by atoms with Crippen LogP contribution in [0.1, 0.15) is 76.3 Å². The predicted octanol–water partition coefficient (Wildman–Crippen LogP) is 4.47. The standard InChI is InChI=1S/C33H42N4O6/c1-33(2,3)43-32(41)37-19-9-15-28(37)30(39)36-27(29(38)35-21-16-17-21)14-8-18-34-31(40)42-20-26-24-12-6-4-10-22(24)23-11-5-7-13-25(23)26/h4-7,10-13,21,26-28H,8-9,14-20H2,1-3H3,(H,34,40)(H,35,38)(H,36,39)/t27?,28-/m0/s1. The first kappa shape index (κ1) is 30.4. The van der Waals surface area contributed by atoms with Gasteiger partial charge in [0.05, 0.1) is 0 Å². The Morgan fingerprint density at radius 3 is 2.23 bits per heavy atom. The Bertz CT molecular complexity index is 1310. The molecule has 2 aromatic carbocycles. The number of benzene rings is 2. The average molecular weight is 591 g/mol. The summed E-state index contributed by atoms with van der Waals surface area (Å²) in [6, 6.07) is 15.0. The molecule has 10 heteroatoms.